The molecule has 1 aromatic heterocycles. The van der Waals surface area contributed by atoms with E-state index in [2.05, 4.69) is 22.1 Å². The summed E-state index contributed by atoms with van der Waals surface area (Å²) in [5, 5.41) is 2.56. The number of hydrogen-bond donors (Lipinski definition) is 2. The molecule has 5 heteroatoms. The van der Waals surface area contributed by atoms with Gasteiger partial charge in [0.1, 0.15) is 5.75 Å². The van der Waals surface area contributed by atoms with E-state index in [1.54, 1.807) is 12.4 Å². The molecule has 3 N–H and O–H groups in total. The van der Waals surface area contributed by atoms with Gasteiger partial charge in [0.05, 0.1) is 25.4 Å². The second-order valence-electron chi connectivity index (χ2n) is 3.86. The third-order valence-corrected chi connectivity index (χ3v) is 1.88. The van der Waals surface area contributed by atoms with E-state index in [9.17, 15) is 4.79 Å². The Balaban J connectivity index is 2.56. The maximum absolute atomic E-state index is 10.9. The summed E-state index contributed by atoms with van der Waals surface area (Å²) in [4.78, 5) is 14.9. The molecular formula is C13H17N3O2. The van der Waals surface area contributed by atoms with E-state index in [-0.39, 0.29) is 25.1 Å². The van der Waals surface area contributed by atoms with E-state index in [4.69, 9.17) is 10.5 Å². The smallest absolute Gasteiger partial charge is 0.234 e. The molecule has 0 aliphatic rings. The normalized spacial score (nSPS) is 9.56. The van der Waals surface area contributed by atoms with Crippen LogP contribution in [0.3, 0.4) is 0 Å². The zero-order valence-electron chi connectivity index (χ0n) is 10.6. The van der Waals surface area contributed by atoms with Crippen LogP contribution in [0.2, 0.25) is 0 Å². The Morgan fingerprint density at radius 1 is 1.56 bits per heavy atom. The fourth-order valence-corrected chi connectivity index (χ4v) is 1.19. The number of carbonyl (C=O) groups excluding carboxylic acids is 1. The van der Waals surface area contributed by atoms with Crippen molar-refractivity contribution >= 4 is 5.91 Å². The number of pyridine rings is 1. The summed E-state index contributed by atoms with van der Waals surface area (Å²) >= 11 is 0. The molecule has 18 heavy (non-hydrogen) atoms. The van der Waals surface area contributed by atoms with Gasteiger partial charge in [-0.05, 0) is 19.9 Å². The standard InChI is InChI=1S/C13H17N3O2/c1-10(2)18-12-6-11(8-15-9-12)4-3-5-16-13(17)7-14/h6,8-10H,5,7,14H2,1-2H3,(H,16,17). The number of hydrogen-bond acceptors (Lipinski definition) is 4. The number of aromatic nitrogens is 1. The molecule has 0 radical (unpaired) electrons. The summed E-state index contributed by atoms with van der Waals surface area (Å²) in [5.74, 6) is 6.16. The third kappa shape index (κ3) is 5.32. The van der Waals surface area contributed by atoms with Gasteiger partial charge in [-0.1, -0.05) is 11.8 Å². The molecule has 0 aromatic carbocycles. The first-order valence-corrected chi connectivity index (χ1v) is 5.69. The molecule has 1 amide bonds. The first-order valence-electron chi connectivity index (χ1n) is 5.69. The van der Waals surface area contributed by atoms with Gasteiger partial charge >= 0.3 is 0 Å². The molecule has 0 saturated carbocycles. The van der Waals surface area contributed by atoms with Gasteiger partial charge < -0.3 is 15.8 Å². The molecule has 0 spiro atoms. The van der Waals surface area contributed by atoms with E-state index < -0.39 is 0 Å². The van der Waals surface area contributed by atoms with Crippen LogP contribution in [0.4, 0.5) is 0 Å². The first kappa shape index (κ1) is 14.0. The van der Waals surface area contributed by atoms with E-state index in [1.165, 1.54) is 0 Å². The van der Waals surface area contributed by atoms with Gasteiger partial charge in [-0.2, -0.15) is 0 Å². The number of amides is 1. The lowest BCUT2D eigenvalue weighted by atomic mass is 10.3. The summed E-state index contributed by atoms with van der Waals surface area (Å²) in [6, 6.07) is 1.81. The zero-order valence-corrected chi connectivity index (χ0v) is 10.6. The number of rotatable bonds is 4. The fourth-order valence-electron chi connectivity index (χ4n) is 1.19. The minimum absolute atomic E-state index is 0.0268. The molecular weight excluding hydrogens is 230 g/mol. The molecule has 0 aliphatic carbocycles. The van der Waals surface area contributed by atoms with Crippen molar-refractivity contribution in [3.05, 3.63) is 24.0 Å². The Labute approximate surface area is 107 Å². The summed E-state index contributed by atoms with van der Waals surface area (Å²) in [5.41, 5.74) is 5.89. The van der Waals surface area contributed by atoms with E-state index in [0.29, 0.717) is 5.75 Å². The van der Waals surface area contributed by atoms with Crippen LogP contribution >= 0.6 is 0 Å². The molecule has 96 valence electrons. The molecule has 0 fully saturated rings. The second-order valence-corrected chi connectivity index (χ2v) is 3.86. The lowest BCUT2D eigenvalue weighted by Crippen LogP contribution is -2.30. The highest BCUT2D eigenvalue weighted by Crippen LogP contribution is 2.11. The monoisotopic (exact) mass is 247 g/mol. The number of nitrogens with zero attached hydrogens (tertiary/aromatic N) is 1. The van der Waals surface area contributed by atoms with Crippen molar-refractivity contribution in [3.8, 4) is 17.6 Å². The Bertz CT molecular complexity index is 461. The molecule has 1 aromatic rings. The Hall–Kier alpha value is -2.06. The highest BCUT2D eigenvalue weighted by atomic mass is 16.5. The molecule has 0 atom stereocenters. The Morgan fingerprint density at radius 3 is 3.00 bits per heavy atom. The average molecular weight is 247 g/mol. The highest BCUT2D eigenvalue weighted by Gasteiger charge is 1.98. The van der Waals surface area contributed by atoms with Crippen molar-refractivity contribution in [2.75, 3.05) is 13.1 Å². The SMILES string of the molecule is CC(C)Oc1cncc(C#CCNC(=O)CN)c1. The maximum Gasteiger partial charge on any atom is 0.234 e. The fraction of sp³-hybridized carbons (Fsp3) is 0.385. The maximum atomic E-state index is 10.9. The van der Waals surface area contributed by atoms with Crippen LogP contribution in [0.25, 0.3) is 0 Å². The predicted octanol–water partition coefficient (Wildman–Crippen LogP) is 0.295. The molecule has 5 nitrogen and oxygen atoms in total. The van der Waals surface area contributed by atoms with Gasteiger partial charge in [0.15, 0.2) is 0 Å². The minimum atomic E-state index is -0.223. The number of nitrogens with two attached hydrogens (primary N) is 1. The number of carbonyl (C=O) groups is 1. The van der Waals surface area contributed by atoms with Crippen LogP contribution in [0, 0.1) is 11.8 Å². The van der Waals surface area contributed by atoms with Crippen molar-refractivity contribution in [1.29, 1.82) is 0 Å². The van der Waals surface area contributed by atoms with E-state index in [1.807, 2.05) is 19.9 Å². The summed E-state index contributed by atoms with van der Waals surface area (Å²) < 4.78 is 5.50. The van der Waals surface area contributed by atoms with Crippen molar-refractivity contribution in [2.45, 2.75) is 20.0 Å². The van der Waals surface area contributed by atoms with Gasteiger partial charge in [0, 0.05) is 11.8 Å². The largest absolute Gasteiger partial charge is 0.489 e. The van der Waals surface area contributed by atoms with Crippen LogP contribution in [-0.4, -0.2) is 30.1 Å². The molecule has 1 heterocycles. The molecule has 0 aliphatic heterocycles. The summed E-state index contributed by atoms with van der Waals surface area (Å²) in [6.07, 6.45) is 3.38. The minimum Gasteiger partial charge on any atom is -0.489 e. The lowest BCUT2D eigenvalue weighted by Gasteiger charge is -2.08. The molecule has 0 unspecified atom stereocenters. The number of ether oxygens (including phenoxy) is 1. The van der Waals surface area contributed by atoms with Crippen LogP contribution in [-0.2, 0) is 4.79 Å². The second kappa shape index (κ2) is 7.30. The average Bonchev–Trinajstić information content (AvgIpc) is 2.34. The van der Waals surface area contributed by atoms with Crippen molar-refractivity contribution in [2.24, 2.45) is 5.73 Å². The van der Waals surface area contributed by atoms with Crippen molar-refractivity contribution < 1.29 is 9.53 Å². The van der Waals surface area contributed by atoms with Gasteiger partial charge in [-0.3, -0.25) is 9.78 Å². The van der Waals surface area contributed by atoms with Crippen molar-refractivity contribution in [3.63, 3.8) is 0 Å². The van der Waals surface area contributed by atoms with Gasteiger partial charge in [-0.25, -0.2) is 0 Å². The van der Waals surface area contributed by atoms with Gasteiger partial charge in [-0.15, -0.1) is 0 Å². The Kier molecular flexibility index (Phi) is 5.68. The molecule has 1 rings (SSSR count). The Morgan fingerprint density at radius 2 is 2.33 bits per heavy atom. The summed E-state index contributed by atoms with van der Waals surface area (Å²) in [7, 11) is 0. The number of nitrogens with one attached hydrogen (secondary N) is 1. The summed E-state index contributed by atoms with van der Waals surface area (Å²) in [6.45, 7) is 4.13. The van der Waals surface area contributed by atoms with E-state index in [0.717, 1.165) is 5.56 Å². The van der Waals surface area contributed by atoms with Crippen LogP contribution < -0.4 is 15.8 Å². The lowest BCUT2D eigenvalue weighted by molar-refractivity contribution is -0.119. The first-order chi connectivity index (χ1) is 8.61. The quantitative estimate of drug-likeness (QED) is 0.750. The zero-order chi connectivity index (χ0) is 13.4. The van der Waals surface area contributed by atoms with Crippen molar-refractivity contribution in [1.82, 2.24) is 10.3 Å². The van der Waals surface area contributed by atoms with Crippen LogP contribution in [0.1, 0.15) is 19.4 Å². The molecule has 0 bridgehead atoms. The third-order valence-electron chi connectivity index (χ3n) is 1.88. The molecule has 0 saturated heterocycles. The van der Waals surface area contributed by atoms with Crippen LogP contribution in [0.15, 0.2) is 18.5 Å². The topological polar surface area (TPSA) is 77.2 Å². The van der Waals surface area contributed by atoms with Gasteiger partial charge in [0.25, 0.3) is 0 Å². The van der Waals surface area contributed by atoms with Gasteiger partial charge in [0.2, 0.25) is 5.91 Å². The van der Waals surface area contributed by atoms with E-state index >= 15 is 0 Å². The predicted molar refractivity (Wildman–Crippen MR) is 68.9 cm³/mol. The van der Waals surface area contributed by atoms with Crippen LogP contribution in [0.5, 0.6) is 5.75 Å². The highest BCUT2D eigenvalue weighted by molar-refractivity contribution is 5.77.